The molecule has 0 atom stereocenters. The summed E-state index contributed by atoms with van der Waals surface area (Å²) in [4.78, 5) is 17.0. The number of aryl methyl sites for hydroxylation is 1. The number of fused-ring (bicyclic) bond motifs is 1. The number of methoxy groups -OCH3 is 1. The molecule has 29 heavy (non-hydrogen) atoms. The second-order valence-electron chi connectivity index (χ2n) is 7.23. The summed E-state index contributed by atoms with van der Waals surface area (Å²) in [7, 11) is 3.62. The molecule has 2 aromatic heterocycles. The highest BCUT2D eigenvalue weighted by Gasteiger charge is 2.26. The average molecular weight is 398 g/mol. The van der Waals surface area contributed by atoms with Crippen molar-refractivity contribution in [3.63, 3.8) is 0 Å². The number of hydrogen-bond acceptors (Lipinski definition) is 6. The summed E-state index contributed by atoms with van der Waals surface area (Å²) in [6.45, 7) is 5.04. The van der Waals surface area contributed by atoms with E-state index >= 15 is 0 Å². The van der Waals surface area contributed by atoms with Gasteiger partial charge in [-0.15, -0.1) is 10.2 Å². The smallest absolute Gasteiger partial charge is 0.276 e. The van der Waals surface area contributed by atoms with E-state index in [0.29, 0.717) is 35.8 Å². The van der Waals surface area contributed by atoms with Crippen LogP contribution in [0.3, 0.4) is 0 Å². The Labute approximate surface area is 167 Å². The number of carbonyl (C=O) groups is 1. The average Bonchev–Trinajstić information content (AvgIpc) is 3.08. The van der Waals surface area contributed by atoms with Crippen LogP contribution in [0.4, 0.5) is 4.39 Å². The van der Waals surface area contributed by atoms with E-state index in [-0.39, 0.29) is 18.3 Å². The van der Waals surface area contributed by atoms with Crippen molar-refractivity contribution >= 4 is 11.6 Å². The molecule has 1 aliphatic rings. The minimum absolute atomic E-state index is 0.142. The molecular formula is C20H23FN6O2. The van der Waals surface area contributed by atoms with E-state index in [4.69, 9.17) is 4.74 Å². The molecule has 8 nitrogen and oxygen atoms in total. The number of likely N-dealkylation sites (N-methyl/N-ethyl adjacent to an activating group) is 1. The third kappa shape index (κ3) is 3.58. The number of amides is 1. The Kier molecular flexibility index (Phi) is 5.25. The van der Waals surface area contributed by atoms with Gasteiger partial charge in [-0.2, -0.15) is 5.10 Å². The zero-order valence-electron chi connectivity index (χ0n) is 16.7. The number of piperazine rings is 1. The van der Waals surface area contributed by atoms with Gasteiger partial charge in [-0.3, -0.25) is 4.79 Å². The summed E-state index contributed by atoms with van der Waals surface area (Å²) in [6.07, 6.45) is 0. The van der Waals surface area contributed by atoms with E-state index in [9.17, 15) is 9.18 Å². The van der Waals surface area contributed by atoms with Gasteiger partial charge < -0.3 is 14.5 Å². The molecule has 0 spiro atoms. The fourth-order valence-corrected chi connectivity index (χ4v) is 3.56. The highest BCUT2D eigenvalue weighted by molar-refractivity contribution is 5.93. The standard InChI is InChI=1S/C20H23FN6O2/c1-13-18(20(28)26-10-8-25(2)9-11-26)22-23-19-17(14-4-6-15(21)7-5-14)16(12-29-3)24-27(13)19/h4-7H,8-12H2,1-3H3. The quantitative estimate of drug-likeness (QED) is 0.667. The van der Waals surface area contributed by atoms with E-state index in [1.165, 1.54) is 12.1 Å². The molecule has 0 radical (unpaired) electrons. The van der Waals surface area contributed by atoms with Gasteiger partial charge >= 0.3 is 0 Å². The first-order chi connectivity index (χ1) is 14.0. The van der Waals surface area contributed by atoms with Gasteiger partial charge in [-0.25, -0.2) is 8.91 Å². The number of ether oxygens (including phenoxy) is 1. The van der Waals surface area contributed by atoms with Crippen molar-refractivity contribution in [3.8, 4) is 11.1 Å². The van der Waals surface area contributed by atoms with Crippen molar-refractivity contribution < 1.29 is 13.9 Å². The van der Waals surface area contributed by atoms with Crippen LogP contribution in [0.5, 0.6) is 0 Å². The molecular weight excluding hydrogens is 375 g/mol. The molecule has 1 saturated heterocycles. The minimum Gasteiger partial charge on any atom is -0.378 e. The number of nitrogens with zero attached hydrogens (tertiary/aromatic N) is 6. The number of rotatable bonds is 4. The Hall–Kier alpha value is -2.91. The zero-order chi connectivity index (χ0) is 20.5. The lowest BCUT2D eigenvalue weighted by Gasteiger charge is -2.32. The minimum atomic E-state index is -0.319. The van der Waals surface area contributed by atoms with Crippen LogP contribution in [-0.4, -0.2) is 75.9 Å². The van der Waals surface area contributed by atoms with E-state index < -0.39 is 0 Å². The molecule has 9 heteroatoms. The molecule has 1 fully saturated rings. The Morgan fingerprint density at radius 2 is 1.83 bits per heavy atom. The van der Waals surface area contributed by atoms with Gasteiger partial charge in [0.25, 0.3) is 5.91 Å². The largest absolute Gasteiger partial charge is 0.378 e. The van der Waals surface area contributed by atoms with Crippen LogP contribution in [0, 0.1) is 12.7 Å². The summed E-state index contributed by atoms with van der Waals surface area (Å²) < 4.78 is 20.3. The highest BCUT2D eigenvalue weighted by Crippen LogP contribution is 2.29. The van der Waals surface area contributed by atoms with Crippen molar-refractivity contribution in [1.82, 2.24) is 29.6 Å². The highest BCUT2D eigenvalue weighted by atomic mass is 19.1. The number of hydrogen-bond donors (Lipinski definition) is 0. The second-order valence-corrected chi connectivity index (χ2v) is 7.23. The van der Waals surface area contributed by atoms with E-state index in [1.54, 1.807) is 28.7 Å². The zero-order valence-corrected chi connectivity index (χ0v) is 16.7. The third-order valence-corrected chi connectivity index (χ3v) is 5.25. The molecule has 0 saturated carbocycles. The third-order valence-electron chi connectivity index (χ3n) is 5.25. The summed E-state index contributed by atoms with van der Waals surface area (Å²) in [6, 6.07) is 6.12. The lowest BCUT2D eigenvalue weighted by atomic mass is 10.1. The maximum absolute atomic E-state index is 13.4. The van der Waals surface area contributed by atoms with Gasteiger partial charge in [0.2, 0.25) is 0 Å². The van der Waals surface area contributed by atoms with Crippen LogP contribution < -0.4 is 0 Å². The number of aromatic nitrogens is 4. The Morgan fingerprint density at radius 1 is 1.14 bits per heavy atom. The molecule has 0 aliphatic carbocycles. The van der Waals surface area contributed by atoms with Gasteiger partial charge in [0.15, 0.2) is 11.3 Å². The van der Waals surface area contributed by atoms with Gasteiger partial charge in [0, 0.05) is 33.3 Å². The molecule has 152 valence electrons. The van der Waals surface area contributed by atoms with Crippen LogP contribution in [0.15, 0.2) is 24.3 Å². The number of halogens is 1. The van der Waals surface area contributed by atoms with Gasteiger partial charge in [-0.05, 0) is 31.7 Å². The first kappa shape index (κ1) is 19.4. The van der Waals surface area contributed by atoms with E-state index in [1.807, 2.05) is 14.0 Å². The van der Waals surface area contributed by atoms with Crippen LogP contribution in [-0.2, 0) is 11.3 Å². The molecule has 1 aliphatic heterocycles. The monoisotopic (exact) mass is 398 g/mol. The van der Waals surface area contributed by atoms with Gasteiger partial charge in [0.1, 0.15) is 5.82 Å². The summed E-state index contributed by atoms with van der Waals surface area (Å²) in [5.41, 5.74) is 3.56. The van der Waals surface area contributed by atoms with Crippen LogP contribution in [0.2, 0.25) is 0 Å². The van der Waals surface area contributed by atoms with Crippen molar-refractivity contribution in [1.29, 1.82) is 0 Å². The SMILES string of the molecule is COCc1nn2c(C)c(C(=O)N3CCN(C)CC3)nnc2c1-c1ccc(F)cc1. The normalized spacial score (nSPS) is 15.2. The molecule has 0 bridgehead atoms. The summed E-state index contributed by atoms with van der Waals surface area (Å²) in [5, 5.41) is 13.2. The molecule has 3 heterocycles. The maximum atomic E-state index is 13.4. The van der Waals surface area contributed by atoms with Crippen LogP contribution >= 0.6 is 0 Å². The van der Waals surface area contributed by atoms with Crippen molar-refractivity contribution in [2.75, 3.05) is 40.3 Å². The van der Waals surface area contributed by atoms with Crippen molar-refractivity contribution in [3.05, 3.63) is 47.2 Å². The number of benzene rings is 1. The van der Waals surface area contributed by atoms with Gasteiger partial charge in [0.05, 0.1) is 23.6 Å². The Balaban J connectivity index is 1.78. The molecule has 4 rings (SSSR count). The fourth-order valence-electron chi connectivity index (χ4n) is 3.56. The fraction of sp³-hybridized carbons (Fsp3) is 0.400. The molecule has 1 aromatic carbocycles. The van der Waals surface area contributed by atoms with Crippen LogP contribution in [0.1, 0.15) is 21.9 Å². The molecule has 0 unspecified atom stereocenters. The summed E-state index contributed by atoms with van der Waals surface area (Å²) >= 11 is 0. The Bertz CT molecular complexity index is 1040. The lowest BCUT2D eigenvalue weighted by Crippen LogP contribution is -2.47. The summed E-state index contributed by atoms with van der Waals surface area (Å²) in [5.74, 6) is -0.460. The second kappa shape index (κ2) is 7.84. The first-order valence-electron chi connectivity index (χ1n) is 9.47. The predicted octanol–water partition coefficient (Wildman–Crippen LogP) is 1.77. The topological polar surface area (TPSA) is 75.9 Å². The maximum Gasteiger partial charge on any atom is 0.276 e. The van der Waals surface area contributed by atoms with E-state index in [0.717, 1.165) is 24.2 Å². The van der Waals surface area contributed by atoms with Crippen molar-refractivity contribution in [2.24, 2.45) is 0 Å². The molecule has 1 amide bonds. The van der Waals surface area contributed by atoms with E-state index in [2.05, 4.69) is 20.2 Å². The van der Waals surface area contributed by atoms with Crippen molar-refractivity contribution in [2.45, 2.75) is 13.5 Å². The van der Waals surface area contributed by atoms with Gasteiger partial charge in [-0.1, -0.05) is 12.1 Å². The Morgan fingerprint density at radius 3 is 2.48 bits per heavy atom. The van der Waals surface area contributed by atoms with Crippen LogP contribution in [0.25, 0.3) is 16.8 Å². The molecule has 0 N–H and O–H groups in total. The lowest BCUT2D eigenvalue weighted by molar-refractivity contribution is 0.0655. The number of carbonyl (C=O) groups excluding carboxylic acids is 1. The predicted molar refractivity (Wildman–Crippen MR) is 105 cm³/mol. The molecule has 3 aromatic rings. The first-order valence-corrected chi connectivity index (χ1v) is 9.47.